The van der Waals surface area contributed by atoms with Crippen LogP contribution in [0.15, 0.2) is 34.7 Å². The fourth-order valence-electron chi connectivity index (χ4n) is 3.21. The van der Waals surface area contributed by atoms with Crippen molar-refractivity contribution < 1.29 is 13.9 Å². The van der Waals surface area contributed by atoms with Crippen molar-refractivity contribution in [3.05, 3.63) is 53.0 Å². The summed E-state index contributed by atoms with van der Waals surface area (Å²) in [4.78, 5) is 12.0. The van der Waals surface area contributed by atoms with Crippen LogP contribution in [0.5, 0.6) is 5.75 Å². The van der Waals surface area contributed by atoms with E-state index in [0.29, 0.717) is 24.7 Å². The Morgan fingerprint density at radius 3 is 2.88 bits per heavy atom. The molecule has 1 amide bonds. The van der Waals surface area contributed by atoms with Crippen molar-refractivity contribution in [1.82, 2.24) is 5.32 Å². The highest BCUT2D eigenvalue weighted by atomic mass is 16.5. The Hall–Kier alpha value is -2.23. The lowest BCUT2D eigenvalue weighted by molar-refractivity contribution is 0.0921. The quantitative estimate of drug-likeness (QED) is 0.675. The van der Waals surface area contributed by atoms with Gasteiger partial charge in [-0.1, -0.05) is 32.3 Å². The summed E-state index contributed by atoms with van der Waals surface area (Å²) in [5.74, 6) is 1.72. The SMILES string of the molecule is CCCCCCNC(=O)c1ccc(COc2ccc3c(c2)CCC3)o1. The lowest BCUT2D eigenvalue weighted by Gasteiger charge is -2.07. The second-order valence-corrected chi connectivity index (χ2v) is 6.66. The van der Waals surface area contributed by atoms with Gasteiger partial charge in [0, 0.05) is 6.54 Å². The number of fused-ring (bicyclic) bond motifs is 1. The summed E-state index contributed by atoms with van der Waals surface area (Å²) in [6, 6.07) is 9.80. The van der Waals surface area contributed by atoms with Crippen LogP contribution in [0, 0.1) is 0 Å². The predicted octanol–water partition coefficient (Wildman–Crippen LogP) is 4.66. The molecule has 1 N–H and O–H groups in total. The number of carbonyl (C=O) groups excluding carboxylic acids is 1. The molecule has 134 valence electrons. The van der Waals surface area contributed by atoms with Crippen molar-refractivity contribution in [3.8, 4) is 5.75 Å². The van der Waals surface area contributed by atoms with E-state index < -0.39 is 0 Å². The molecule has 1 aromatic carbocycles. The number of amides is 1. The summed E-state index contributed by atoms with van der Waals surface area (Å²) in [5, 5.41) is 2.90. The van der Waals surface area contributed by atoms with Gasteiger partial charge in [0.15, 0.2) is 5.76 Å². The molecule has 0 spiro atoms. The molecule has 3 rings (SSSR count). The number of hydrogen-bond donors (Lipinski definition) is 1. The molecule has 1 heterocycles. The third-order valence-corrected chi connectivity index (χ3v) is 4.65. The van der Waals surface area contributed by atoms with Gasteiger partial charge in [-0.25, -0.2) is 0 Å². The van der Waals surface area contributed by atoms with E-state index in [1.54, 1.807) is 12.1 Å². The van der Waals surface area contributed by atoms with Crippen LogP contribution in [-0.2, 0) is 19.4 Å². The largest absolute Gasteiger partial charge is 0.486 e. The molecule has 4 heteroatoms. The van der Waals surface area contributed by atoms with E-state index in [0.717, 1.165) is 25.0 Å². The van der Waals surface area contributed by atoms with Gasteiger partial charge < -0.3 is 14.5 Å². The van der Waals surface area contributed by atoms with Gasteiger partial charge >= 0.3 is 0 Å². The summed E-state index contributed by atoms with van der Waals surface area (Å²) in [6.07, 6.45) is 8.10. The predicted molar refractivity (Wildman–Crippen MR) is 98.0 cm³/mol. The lowest BCUT2D eigenvalue weighted by Crippen LogP contribution is -2.23. The van der Waals surface area contributed by atoms with Gasteiger partial charge in [-0.3, -0.25) is 4.79 Å². The first-order chi connectivity index (χ1) is 12.3. The summed E-state index contributed by atoms with van der Waals surface area (Å²) < 4.78 is 11.4. The molecule has 1 aliphatic rings. The van der Waals surface area contributed by atoms with E-state index in [-0.39, 0.29) is 5.91 Å². The van der Waals surface area contributed by atoms with Gasteiger partial charge in [0.1, 0.15) is 18.1 Å². The van der Waals surface area contributed by atoms with Gasteiger partial charge in [-0.2, -0.15) is 0 Å². The zero-order valence-corrected chi connectivity index (χ0v) is 15.0. The number of benzene rings is 1. The summed E-state index contributed by atoms with van der Waals surface area (Å²) >= 11 is 0. The molecule has 0 radical (unpaired) electrons. The van der Waals surface area contributed by atoms with Crippen LogP contribution in [0.1, 0.15) is 66.5 Å². The molecule has 1 aliphatic carbocycles. The van der Waals surface area contributed by atoms with Crippen molar-refractivity contribution >= 4 is 5.91 Å². The fraction of sp³-hybridized carbons (Fsp3) is 0.476. The molecule has 0 bridgehead atoms. The molecule has 1 aromatic heterocycles. The maximum atomic E-state index is 12.0. The maximum absolute atomic E-state index is 12.0. The molecular formula is C21H27NO3. The number of hydrogen-bond acceptors (Lipinski definition) is 3. The van der Waals surface area contributed by atoms with Crippen LogP contribution < -0.4 is 10.1 Å². The second kappa shape index (κ2) is 8.75. The lowest BCUT2D eigenvalue weighted by atomic mass is 10.1. The molecule has 4 nitrogen and oxygen atoms in total. The van der Waals surface area contributed by atoms with E-state index >= 15 is 0 Å². The van der Waals surface area contributed by atoms with Crippen molar-refractivity contribution in [2.24, 2.45) is 0 Å². The minimum absolute atomic E-state index is 0.153. The molecule has 0 unspecified atom stereocenters. The zero-order chi connectivity index (χ0) is 17.5. The second-order valence-electron chi connectivity index (χ2n) is 6.66. The van der Waals surface area contributed by atoms with E-state index in [2.05, 4.69) is 24.4 Å². The first-order valence-electron chi connectivity index (χ1n) is 9.38. The monoisotopic (exact) mass is 341 g/mol. The number of rotatable bonds is 9. The van der Waals surface area contributed by atoms with E-state index in [4.69, 9.17) is 9.15 Å². The number of ether oxygens (including phenoxy) is 1. The van der Waals surface area contributed by atoms with Gasteiger partial charge in [-0.05, 0) is 61.1 Å². The minimum Gasteiger partial charge on any atom is -0.486 e. The average Bonchev–Trinajstić information content (AvgIpc) is 3.28. The van der Waals surface area contributed by atoms with Crippen molar-refractivity contribution in [3.63, 3.8) is 0 Å². The Bertz CT molecular complexity index is 705. The molecule has 0 atom stereocenters. The van der Waals surface area contributed by atoms with E-state index in [9.17, 15) is 4.79 Å². The van der Waals surface area contributed by atoms with Gasteiger partial charge in [0.25, 0.3) is 5.91 Å². The maximum Gasteiger partial charge on any atom is 0.286 e. The van der Waals surface area contributed by atoms with E-state index in [1.165, 1.54) is 36.8 Å². The third kappa shape index (κ3) is 4.88. The van der Waals surface area contributed by atoms with Gasteiger partial charge in [0.2, 0.25) is 0 Å². The Balaban J connectivity index is 1.46. The molecule has 0 saturated carbocycles. The highest BCUT2D eigenvalue weighted by Crippen LogP contribution is 2.26. The van der Waals surface area contributed by atoms with Gasteiger partial charge in [0.05, 0.1) is 0 Å². The molecule has 2 aromatic rings. The Kier molecular flexibility index (Phi) is 6.15. The van der Waals surface area contributed by atoms with Crippen molar-refractivity contribution in [2.45, 2.75) is 58.5 Å². The van der Waals surface area contributed by atoms with Gasteiger partial charge in [-0.15, -0.1) is 0 Å². The first kappa shape index (κ1) is 17.6. The van der Waals surface area contributed by atoms with Crippen molar-refractivity contribution in [2.75, 3.05) is 6.54 Å². The normalized spacial score (nSPS) is 12.8. The molecule has 0 saturated heterocycles. The zero-order valence-electron chi connectivity index (χ0n) is 15.0. The number of unbranched alkanes of at least 4 members (excludes halogenated alkanes) is 3. The topological polar surface area (TPSA) is 51.5 Å². The highest BCUT2D eigenvalue weighted by molar-refractivity contribution is 5.91. The third-order valence-electron chi connectivity index (χ3n) is 4.65. The number of carbonyl (C=O) groups is 1. The number of aryl methyl sites for hydroxylation is 2. The highest BCUT2D eigenvalue weighted by Gasteiger charge is 2.13. The van der Waals surface area contributed by atoms with Crippen LogP contribution in [0.4, 0.5) is 0 Å². The smallest absolute Gasteiger partial charge is 0.286 e. The molecule has 25 heavy (non-hydrogen) atoms. The van der Waals surface area contributed by atoms with Crippen LogP contribution in [0.3, 0.4) is 0 Å². The number of nitrogens with one attached hydrogen (secondary N) is 1. The minimum atomic E-state index is -0.153. The average molecular weight is 341 g/mol. The van der Waals surface area contributed by atoms with Crippen LogP contribution in [0.2, 0.25) is 0 Å². The summed E-state index contributed by atoms with van der Waals surface area (Å²) in [5.41, 5.74) is 2.82. The van der Waals surface area contributed by atoms with Crippen LogP contribution in [0.25, 0.3) is 0 Å². The Labute approximate surface area is 149 Å². The molecular weight excluding hydrogens is 314 g/mol. The fourth-order valence-corrected chi connectivity index (χ4v) is 3.21. The van der Waals surface area contributed by atoms with Crippen LogP contribution in [-0.4, -0.2) is 12.5 Å². The molecule has 0 fully saturated rings. The Morgan fingerprint density at radius 2 is 2.00 bits per heavy atom. The standard InChI is InChI=1S/C21H27NO3/c1-2-3-4-5-13-22-21(23)20-12-11-19(25-20)15-24-18-10-9-16-7-6-8-17(16)14-18/h9-12,14H,2-8,13,15H2,1H3,(H,22,23). The van der Waals surface area contributed by atoms with E-state index in [1.807, 2.05) is 6.07 Å². The molecule has 0 aliphatic heterocycles. The summed E-state index contributed by atoms with van der Waals surface area (Å²) in [6.45, 7) is 3.21. The Morgan fingerprint density at radius 1 is 1.12 bits per heavy atom. The summed E-state index contributed by atoms with van der Waals surface area (Å²) in [7, 11) is 0. The first-order valence-corrected chi connectivity index (χ1v) is 9.38. The number of furan rings is 1. The van der Waals surface area contributed by atoms with Crippen molar-refractivity contribution in [1.29, 1.82) is 0 Å². The van der Waals surface area contributed by atoms with Crippen LogP contribution >= 0.6 is 0 Å².